The van der Waals surface area contributed by atoms with Crippen molar-refractivity contribution in [3.8, 4) is 11.7 Å². The first-order valence-corrected chi connectivity index (χ1v) is 16.1. The standard InChI is InChI=1S/C29H34F4N10O4S/c1-27(2)17-19(5-4-14-35-40-34)18-41(27)25-20(26(44)39-43(48(45)46)23-7-3-6-21(30)36-23)8-9-22(37-25)42-15-10-24(38-42)47-16-13-28(11-12-28)29(31,32)33/h3,6-10,15,19H,4-5,11-14,16-18H2,1-2H3,(H,39,44)(H,45,46)/p-1. The predicted octanol–water partition coefficient (Wildman–Crippen LogP) is 5.55. The van der Waals surface area contributed by atoms with E-state index in [4.69, 9.17) is 15.3 Å². The van der Waals surface area contributed by atoms with Gasteiger partial charge in [0.2, 0.25) is 11.8 Å². The zero-order valence-electron chi connectivity index (χ0n) is 26.1. The molecule has 5 rings (SSSR count). The van der Waals surface area contributed by atoms with Crippen LogP contribution in [0.4, 0.5) is 29.2 Å². The number of pyridine rings is 2. The molecule has 2 fully saturated rings. The maximum atomic E-state index is 13.8. The maximum absolute atomic E-state index is 13.8. The fraction of sp³-hybridized carbons (Fsp3) is 0.517. The van der Waals surface area contributed by atoms with Crippen LogP contribution in [0, 0.1) is 17.3 Å². The van der Waals surface area contributed by atoms with Crippen LogP contribution in [0.3, 0.4) is 0 Å². The monoisotopic (exact) mass is 693 g/mol. The van der Waals surface area contributed by atoms with Crippen LogP contribution in [0.1, 0.15) is 62.7 Å². The van der Waals surface area contributed by atoms with Crippen molar-refractivity contribution < 1.29 is 35.9 Å². The third kappa shape index (κ3) is 7.79. The molecule has 1 aliphatic heterocycles. The molecule has 1 aliphatic carbocycles. The number of nitrogens with one attached hydrogen (secondary N) is 1. The first-order valence-electron chi connectivity index (χ1n) is 15.1. The van der Waals surface area contributed by atoms with E-state index in [1.165, 1.54) is 41.2 Å². The van der Waals surface area contributed by atoms with E-state index in [9.17, 15) is 31.1 Å². The third-order valence-corrected chi connectivity index (χ3v) is 9.18. The zero-order chi connectivity index (χ0) is 34.7. The van der Waals surface area contributed by atoms with E-state index in [1.54, 1.807) is 0 Å². The van der Waals surface area contributed by atoms with Crippen LogP contribution in [0.2, 0.25) is 0 Å². The zero-order valence-corrected chi connectivity index (χ0v) is 26.9. The molecule has 0 aromatic carbocycles. The molecule has 3 aromatic rings. The van der Waals surface area contributed by atoms with Crippen LogP contribution in [-0.2, 0) is 11.3 Å². The SMILES string of the molecule is CC1(C)CC(CCCN=[N+]=[N-])CN1c1nc(-n2ccc(OCCC3(C(F)(F)F)CC3)n2)ccc1C(=O)NN(c1cccc(F)n1)S(=O)[O-]. The van der Waals surface area contributed by atoms with E-state index in [1.807, 2.05) is 18.7 Å². The lowest BCUT2D eigenvalue weighted by molar-refractivity contribution is -0.190. The molecule has 1 saturated heterocycles. The average molecular weight is 694 g/mol. The number of azide groups is 1. The van der Waals surface area contributed by atoms with Gasteiger partial charge in [-0.05, 0) is 88.1 Å². The highest BCUT2D eigenvalue weighted by Crippen LogP contribution is 2.59. The second kappa shape index (κ2) is 13.9. The van der Waals surface area contributed by atoms with Gasteiger partial charge in [-0.2, -0.15) is 27.0 Å². The number of ether oxygens (including phenoxy) is 1. The summed E-state index contributed by atoms with van der Waals surface area (Å²) in [6, 6.07) is 7.86. The van der Waals surface area contributed by atoms with Crippen LogP contribution in [0.5, 0.6) is 5.88 Å². The van der Waals surface area contributed by atoms with Crippen molar-refractivity contribution in [2.45, 2.75) is 64.1 Å². The Kier molecular flexibility index (Phi) is 10.1. The van der Waals surface area contributed by atoms with Gasteiger partial charge in [0, 0.05) is 35.8 Å². The lowest BCUT2D eigenvalue weighted by Crippen LogP contribution is -2.45. The summed E-state index contributed by atoms with van der Waals surface area (Å²) in [5.74, 6) is -1.51. The Morgan fingerprint density at radius 3 is 2.69 bits per heavy atom. The van der Waals surface area contributed by atoms with Gasteiger partial charge in [-0.25, -0.2) is 9.67 Å². The van der Waals surface area contributed by atoms with Gasteiger partial charge in [0.25, 0.3) is 5.91 Å². The average Bonchev–Trinajstić information content (AvgIpc) is 3.58. The van der Waals surface area contributed by atoms with E-state index < -0.39 is 40.3 Å². The van der Waals surface area contributed by atoms with Crippen LogP contribution in [0.25, 0.3) is 16.3 Å². The van der Waals surface area contributed by atoms with Crippen molar-refractivity contribution in [1.82, 2.24) is 25.2 Å². The van der Waals surface area contributed by atoms with E-state index in [-0.39, 0.29) is 60.7 Å². The number of hydrogen-bond acceptors (Lipinski definition) is 9. The van der Waals surface area contributed by atoms with E-state index in [0.717, 1.165) is 12.5 Å². The van der Waals surface area contributed by atoms with Gasteiger partial charge < -0.3 is 14.2 Å². The number of alkyl halides is 3. The van der Waals surface area contributed by atoms with Crippen molar-refractivity contribution in [1.29, 1.82) is 0 Å². The van der Waals surface area contributed by atoms with Crippen molar-refractivity contribution >= 4 is 28.8 Å². The second-order valence-corrected chi connectivity index (χ2v) is 13.2. The van der Waals surface area contributed by atoms with Crippen molar-refractivity contribution in [3.63, 3.8) is 0 Å². The highest BCUT2D eigenvalue weighted by Gasteiger charge is 2.62. The minimum absolute atomic E-state index is 0.001000. The summed E-state index contributed by atoms with van der Waals surface area (Å²) in [6.45, 7) is 4.58. The normalized spacial score (nSPS) is 18.6. The number of halogens is 4. The summed E-state index contributed by atoms with van der Waals surface area (Å²) in [5, 5.41) is 7.91. The number of hydrazine groups is 1. The third-order valence-electron chi connectivity index (χ3n) is 8.60. The number of carbonyl (C=O) groups excluding carboxylic acids is 1. The van der Waals surface area contributed by atoms with Crippen LogP contribution in [0.15, 0.2) is 47.7 Å². The van der Waals surface area contributed by atoms with Crippen molar-refractivity contribution in [2.75, 3.05) is 29.0 Å². The molecule has 258 valence electrons. The highest BCUT2D eigenvalue weighted by molar-refractivity contribution is 7.80. The first kappa shape index (κ1) is 34.8. The molecule has 2 unspecified atom stereocenters. The molecule has 2 atom stereocenters. The topological polar surface area (TPSA) is 177 Å². The fourth-order valence-electron chi connectivity index (χ4n) is 5.92. The Balaban J connectivity index is 1.42. The minimum atomic E-state index is -4.29. The summed E-state index contributed by atoms with van der Waals surface area (Å²) in [4.78, 5) is 26.7. The minimum Gasteiger partial charge on any atom is -0.754 e. The summed E-state index contributed by atoms with van der Waals surface area (Å²) in [7, 11) is 0. The van der Waals surface area contributed by atoms with Gasteiger partial charge in [0.15, 0.2) is 11.6 Å². The van der Waals surface area contributed by atoms with E-state index in [2.05, 4.69) is 25.5 Å². The number of amides is 1. The summed E-state index contributed by atoms with van der Waals surface area (Å²) in [6.07, 6.45) is -0.699. The quantitative estimate of drug-likeness (QED) is 0.0334. The Hall–Kier alpha value is -4.48. The lowest BCUT2D eigenvalue weighted by atomic mass is 9.93. The predicted molar refractivity (Wildman–Crippen MR) is 165 cm³/mol. The van der Waals surface area contributed by atoms with E-state index >= 15 is 0 Å². The summed E-state index contributed by atoms with van der Waals surface area (Å²) < 4.78 is 85.1. The Morgan fingerprint density at radius 2 is 2.02 bits per heavy atom. The lowest BCUT2D eigenvalue weighted by Gasteiger charge is -2.34. The number of hydrogen-bond donors (Lipinski definition) is 1. The van der Waals surface area contributed by atoms with Gasteiger partial charge >= 0.3 is 6.18 Å². The Morgan fingerprint density at radius 1 is 1.25 bits per heavy atom. The smallest absolute Gasteiger partial charge is 0.394 e. The Bertz CT molecular complexity index is 1710. The summed E-state index contributed by atoms with van der Waals surface area (Å²) >= 11 is -3.07. The molecule has 14 nitrogen and oxygen atoms in total. The second-order valence-electron chi connectivity index (χ2n) is 12.4. The molecule has 4 heterocycles. The van der Waals surface area contributed by atoms with Crippen molar-refractivity contribution in [3.05, 3.63) is 64.5 Å². The molecule has 1 amide bonds. The fourth-order valence-corrected chi connectivity index (χ4v) is 6.33. The molecule has 0 bridgehead atoms. The van der Waals surface area contributed by atoms with Gasteiger partial charge in [0.05, 0.1) is 28.9 Å². The molecule has 0 spiro atoms. The van der Waals surface area contributed by atoms with Crippen LogP contribution >= 0.6 is 0 Å². The Labute approximate surface area is 275 Å². The molecule has 19 heteroatoms. The number of rotatable bonds is 14. The van der Waals surface area contributed by atoms with Gasteiger partial charge in [-0.1, -0.05) is 11.2 Å². The number of nitrogens with zero attached hydrogens (tertiary/aromatic N) is 9. The van der Waals surface area contributed by atoms with Crippen molar-refractivity contribution in [2.24, 2.45) is 16.4 Å². The molecule has 1 saturated carbocycles. The van der Waals surface area contributed by atoms with Crippen LogP contribution in [-0.4, -0.2) is 65.8 Å². The van der Waals surface area contributed by atoms with Crippen LogP contribution < -0.4 is 19.5 Å². The number of aromatic nitrogens is 4. The van der Waals surface area contributed by atoms with Gasteiger partial charge in [-0.3, -0.25) is 14.4 Å². The molecule has 0 radical (unpaired) electrons. The molecule has 3 aromatic heterocycles. The highest BCUT2D eigenvalue weighted by atomic mass is 32.2. The van der Waals surface area contributed by atoms with E-state index in [0.29, 0.717) is 30.3 Å². The molecule has 48 heavy (non-hydrogen) atoms. The largest absolute Gasteiger partial charge is 0.754 e. The summed E-state index contributed by atoms with van der Waals surface area (Å²) in [5.41, 5.74) is 8.64. The van der Waals surface area contributed by atoms with Gasteiger partial charge in [0.1, 0.15) is 5.82 Å². The number of anilines is 2. The maximum Gasteiger partial charge on any atom is 0.394 e. The first-order chi connectivity index (χ1) is 22.7. The molecule has 1 N–H and O–H groups in total. The molecule has 2 aliphatic rings. The van der Waals surface area contributed by atoms with Gasteiger partial charge in [-0.15, -0.1) is 5.10 Å². The number of carbonyl (C=O) groups is 1. The molecular weight excluding hydrogens is 660 g/mol. The molecular formula is C29H33F4N10O4S-.